The molecule has 1 aromatic rings. The number of oxazole rings is 1. The van der Waals surface area contributed by atoms with Crippen LogP contribution in [0.5, 0.6) is 0 Å². The number of aromatic carboxylic acids is 1. The van der Waals surface area contributed by atoms with Gasteiger partial charge < -0.3 is 23.9 Å². The zero-order valence-electron chi connectivity index (χ0n) is 9.51. The summed E-state index contributed by atoms with van der Waals surface area (Å²) in [6, 6.07) is 0. The van der Waals surface area contributed by atoms with Crippen LogP contribution in [-0.4, -0.2) is 49.5 Å². The second-order valence-corrected chi connectivity index (χ2v) is 3.60. The van der Waals surface area contributed by atoms with E-state index in [1.54, 1.807) is 0 Å². The highest BCUT2D eigenvalue weighted by atomic mass is 16.5. The van der Waals surface area contributed by atoms with Crippen LogP contribution in [-0.2, 0) is 16.1 Å². The first kappa shape index (κ1) is 11.9. The minimum atomic E-state index is -1.10. The predicted octanol–water partition coefficient (Wildman–Crippen LogP) is 0.356. The first-order valence-electron chi connectivity index (χ1n) is 5.27. The van der Waals surface area contributed by atoms with Crippen LogP contribution in [0.15, 0.2) is 4.42 Å². The van der Waals surface area contributed by atoms with Crippen molar-refractivity contribution in [3.63, 3.8) is 0 Å². The number of ether oxygens (including phenoxy) is 2. The number of morpholine rings is 1. The van der Waals surface area contributed by atoms with Crippen molar-refractivity contribution < 1.29 is 23.8 Å². The maximum absolute atomic E-state index is 11.1. The van der Waals surface area contributed by atoms with E-state index in [0.29, 0.717) is 26.3 Å². The zero-order valence-corrected chi connectivity index (χ0v) is 9.51. The van der Waals surface area contributed by atoms with Crippen molar-refractivity contribution in [1.29, 1.82) is 0 Å². The van der Waals surface area contributed by atoms with E-state index in [1.165, 1.54) is 7.11 Å². The van der Waals surface area contributed by atoms with Crippen LogP contribution in [0.1, 0.15) is 16.4 Å². The van der Waals surface area contributed by atoms with Gasteiger partial charge in [0.05, 0.1) is 13.2 Å². The fourth-order valence-electron chi connectivity index (χ4n) is 1.66. The van der Waals surface area contributed by atoms with Gasteiger partial charge in [0.15, 0.2) is 0 Å². The smallest absolute Gasteiger partial charge is 0.360 e. The summed E-state index contributed by atoms with van der Waals surface area (Å²) >= 11 is 0. The van der Waals surface area contributed by atoms with E-state index in [4.69, 9.17) is 19.0 Å². The van der Waals surface area contributed by atoms with Crippen LogP contribution in [0.25, 0.3) is 0 Å². The maximum atomic E-state index is 11.1. The van der Waals surface area contributed by atoms with Crippen LogP contribution in [0.2, 0.25) is 0 Å². The summed E-state index contributed by atoms with van der Waals surface area (Å²) in [6.45, 7) is 2.47. The number of methoxy groups -OCH3 is 1. The Hall–Kier alpha value is -1.60. The molecule has 1 aliphatic rings. The second kappa shape index (κ2) is 5.15. The number of anilines is 1. The quantitative estimate of drug-likeness (QED) is 0.815. The molecule has 7 heteroatoms. The molecule has 1 N–H and O–H groups in total. The number of nitrogens with zero attached hydrogens (tertiary/aromatic N) is 2. The molecule has 0 unspecified atom stereocenters. The molecule has 1 aliphatic heterocycles. The molecule has 2 heterocycles. The summed E-state index contributed by atoms with van der Waals surface area (Å²) < 4.78 is 15.5. The summed E-state index contributed by atoms with van der Waals surface area (Å²) in [4.78, 5) is 16.8. The summed E-state index contributed by atoms with van der Waals surface area (Å²) in [5, 5.41) is 9.06. The van der Waals surface area contributed by atoms with E-state index >= 15 is 0 Å². The topological polar surface area (TPSA) is 85.0 Å². The largest absolute Gasteiger partial charge is 0.476 e. The number of aromatic nitrogens is 1. The van der Waals surface area contributed by atoms with Crippen molar-refractivity contribution in [2.24, 2.45) is 0 Å². The van der Waals surface area contributed by atoms with E-state index in [0.717, 1.165) is 0 Å². The van der Waals surface area contributed by atoms with Gasteiger partial charge in [0.25, 0.3) is 0 Å². The van der Waals surface area contributed by atoms with Crippen LogP contribution in [0, 0.1) is 0 Å². The predicted molar refractivity (Wildman–Crippen MR) is 57.2 cm³/mol. The molecule has 94 valence electrons. The molecule has 0 saturated carbocycles. The van der Waals surface area contributed by atoms with Gasteiger partial charge in [-0.3, -0.25) is 0 Å². The lowest BCUT2D eigenvalue weighted by atomic mass is 10.3. The van der Waals surface area contributed by atoms with Gasteiger partial charge in [-0.1, -0.05) is 0 Å². The van der Waals surface area contributed by atoms with Crippen LogP contribution < -0.4 is 4.90 Å². The second-order valence-electron chi connectivity index (χ2n) is 3.60. The van der Waals surface area contributed by atoms with Gasteiger partial charge in [-0.25, -0.2) is 9.78 Å². The van der Waals surface area contributed by atoms with Crippen molar-refractivity contribution >= 4 is 11.9 Å². The van der Waals surface area contributed by atoms with Gasteiger partial charge in [-0.15, -0.1) is 0 Å². The normalized spacial score (nSPS) is 16.2. The van der Waals surface area contributed by atoms with Crippen molar-refractivity contribution in [2.45, 2.75) is 6.61 Å². The summed E-state index contributed by atoms with van der Waals surface area (Å²) in [6.07, 6.45) is 0. The fraction of sp³-hybridized carbons (Fsp3) is 0.600. The number of hydrogen-bond donors (Lipinski definition) is 1. The van der Waals surface area contributed by atoms with Crippen LogP contribution in [0.4, 0.5) is 5.88 Å². The SMILES string of the molecule is COCc1nc(C(=O)O)c(N2CCOCC2)o1. The average molecular weight is 242 g/mol. The molecule has 0 aliphatic carbocycles. The molecule has 0 bridgehead atoms. The van der Waals surface area contributed by atoms with Gasteiger partial charge in [0, 0.05) is 20.2 Å². The Kier molecular flexibility index (Phi) is 3.60. The standard InChI is InChI=1S/C10H14N2O5/c1-15-6-7-11-8(10(13)14)9(17-7)12-2-4-16-5-3-12/h2-6H2,1H3,(H,13,14). The van der Waals surface area contributed by atoms with Crippen LogP contribution in [0.3, 0.4) is 0 Å². The molecule has 1 saturated heterocycles. The highest BCUT2D eigenvalue weighted by Gasteiger charge is 2.25. The van der Waals surface area contributed by atoms with Crippen molar-refractivity contribution in [3.8, 4) is 0 Å². The Bertz CT molecular complexity index is 397. The first-order valence-corrected chi connectivity index (χ1v) is 5.27. The lowest BCUT2D eigenvalue weighted by molar-refractivity contribution is 0.0689. The molecular formula is C10H14N2O5. The fourth-order valence-corrected chi connectivity index (χ4v) is 1.66. The third-order valence-corrected chi connectivity index (χ3v) is 2.42. The minimum Gasteiger partial charge on any atom is -0.476 e. The average Bonchev–Trinajstić information content (AvgIpc) is 2.75. The Morgan fingerprint density at radius 2 is 2.24 bits per heavy atom. The molecule has 1 fully saturated rings. The Morgan fingerprint density at radius 1 is 1.53 bits per heavy atom. The Morgan fingerprint density at radius 3 is 2.82 bits per heavy atom. The highest BCUT2D eigenvalue weighted by molar-refractivity contribution is 5.90. The maximum Gasteiger partial charge on any atom is 0.360 e. The van der Waals surface area contributed by atoms with Crippen LogP contribution >= 0.6 is 0 Å². The van der Waals surface area contributed by atoms with E-state index in [9.17, 15) is 4.79 Å². The molecule has 0 amide bonds. The van der Waals surface area contributed by atoms with Gasteiger partial charge in [-0.05, 0) is 0 Å². The molecule has 0 atom stereocenters. The molecule has 0 spiro atoms. The van der Waals surface area contributed by atoms with Crippen molar-refractivity contribution in [2.75, 3.05) is 38.3 Å². The summed E-state index contributed by atoms with van der Waals surface area (Å²) in [5.74, 6) is -0.545. The lowest BCUT2D eigenvalue weighted by Crippen LogP contribution is -2.36. The first-order chi connectivity index (χ1) is 8.22. The number of rotatable bonds is 4. The van der Waals surface area contributed by atoms with E-state index in [-0.39, 0.29) is 24.1 Å². The lowest BCUT2D eigenvalue weighted by Gasteiger charge is -2.26. The number of carboxylic acid groups (broad SMARTS) is 1. The number of carbonyl (C=O) groups is 1. The van der Waals surface area contributed by atoms with Gasteiger partial charge in [-0.2, -0.15) is 0 Å². The molecule has 7 nitrogen and oxygen atoms in total. The summed E-state index contributed by atoms with van der Waals surface area (Å²) in [5.41, 5.74) is -0.0704. The van der Waals surface area contributed by atoms with Gasteiger partial charge in [0.1, 0.15) is 6.61 Å². The monoisotopic (exact) mass is 242 g/mol. The molecule has 0 radical (unpaired) electrons. The van der Waals surface area contributed by atoms with E-state index in [1.807, 2.05) is 4.90 Å². The van der Waals surface area contributed by atoms with Gasteiger partial charge in [0.2, 0.25) is 17.5 Å². The van der Waals surface area contributed by atoms with Gasteiger partial charge >= 0.3 is 5.97 Å². The Labute approximate surface area is 97.9 Å². The number of hydrogen-bond acceptors (Lipinski definition) is 6. The molecular weight excluding hydrogens is 228 g/mol. The molecule has 0 aromatic carbocycles. The molecule has 17 heavy (non-hydrogen) atoms. The van der Waals surface area contributed by atoms with E-state index in [2.05, 4.69) is 4.98 Å². The number of carboxylic acids is 1. The minimum absolute atomic E-state index is 0.0704. The van der Waals surface area contributed by atoms with E-state index < -0.39 is 5.97 Å². The Balaban J connectivity index is 2.26. The highest BCUT2D eigenvalue weighted by Crippen LogP contribution is 2.23. The summed E-state index contributed by atoms with van der Waals surface area (Å²) in [7, 11) is 1.50. The molecule has 2 rings (SSSR count). The van der Waals surface area contributed by atoms with Crippen molar-refractivity contribution in [3.05, 3.63) is 11.6 Å². The third-order valence-electron chi connectivity index (χ3n) is 2.42. The zero-order chi connectivity index (χ0) is 12.3. The third kappa shape index (κ3) is 2.56. The molecule has 1 aromatic heterocycles. The van der Waals surface area contributed by atoms with Crippen molar-refractivity contribution in [1.82, 2.24) is 4.98 Å².